The van der Waals surface area contributed by atoms with Gasteiger partial charge in [-0.15, -0.1) is 0 Å². The van der Waals surface area contributed by atoms with E-state index in [9.17, 15) is 4.79 Å². The second kappa shape index (κ2) is 6.26. The number of rotatable bonds is 3. The van der Waals surface area contributed by atoms with Crippen LogP contribution < -0.4 is 5.32 Å². The number of nitrogens with one attached hydrogen (secondary N) is 1. The third-order valence-electron chi connectivity index (χ3n) is 3.49. The molecule has 3 rings (SSSR count). The summed E-state index contributed by atoms with van der Waals surface area (Å²) in [5.41, 5.74) is 2.41. The molecule has 4 nitrogen and oxygen atoms in total. The van der Waals surface area contributed by atoms with Crippen LogP contribution >= 0.6 is 15.9 Å². The number of likely N-dealkylation sites (tertiary alicyclic amines) is 1. The standard InChI is InChI=1S/C16H16BrN3O/c17-13-4-3-5-14(9-13)19-15-8-12(10-18-11-15)16(21)20-6-1-2-7-20/h3-5,8-11,19H,1-2,6-7H2. The largest absolute Gasteiger partial charge is 0.354 e. The number of hydrogen-bond donors (Lipinski definition) is 1. The Morgan fingerprint density at radius 1 is 1.14 bits per heavy atom. The molecule has 1 N–H and O–H groups in total. The Morgan fingerprint density at radius 3 is 2.71 bits per heavy atom. The van der Waals surface area contributed by atoms with E-state index in [4.69, 9.17) is 0 Å². The smallest absolute Gasteiger partial charge is 0.255 e. The normalized spacial score (nSPS) is 14.2. The first kappa shape index (κ1) is 14.1. The van der Waals surface area contributed by atoms with Gasteiger partial charge in [0.25, 0.3) is 5.91 Å². The predicted molar refractivity (Wildman–Crippen MR) is 86.8 cm³/mol. The summed E-state index contributed by atoms with van der Waals surface area (Å²) in [7, 11) is 0. The number of aromatic nitrogens is 1. The van der Waals surface area contributed by atoms with Crippen LogP contribution in [-0.4, -0.2) is 28.9 Å². The summed E-state index contributed by atoms with van der Waals surface area (Å²) in [5, 5.41) is 3.27. The van der Waals surface area contributed by atoms with E-state index in [0.717, 1.165) is 41.8 Å². The molecule has 2 heterocycles. The summed E-state index contributed by atoms with van der Waals surface area (Å²) >= 11 is 3.44. The topological polar surface area (TPSA) is 45.2 Å². The van der Waals surface area contributed by atoms with Crippen molar-refractivity contribution in [2.75, 3.05) is 18.4 Å². The van der Waals surface area contributed by atoms with E-state index >= 15 is 0 Å². The second-order valence-electron chi connectivity index (χ2n) is 5.10. The van der Waals surface area contributed by atoms with Crippen molar-refractivity contribution in [1.82, 2.24) is 9.88 Å². The third kappa shape index (κ3) is 3.42. The van der Waals surface area contributed by atoms with Crippen molar-refractivity contribution in [3.05, 3.63) is 52.8 Å². The van der Waals surface area contributed by atoms with E-state index in [2.05, 4.69) is 26.2 Å². The lowest BCUT2D eigenvalue weighted by Crippen LogP contribution is -2.27. The van der Waals surface area contributed by atoms with E-state index < -0.39 is 0 Å². The van der Waals surface area contributed by atoms with Crippen LogP contribution in [0.25, 0.3) is 0 Å². The van der Waals surface area contributed by atoms with Gasteiger partial charge in [-0.05, 0) is 37.1 Å². The Kier molecular flexibility index (Phi) is 4.20. The first-order chi connectivity index (χ1) is 10.2. The van der Waals surface area contributed by atoms with Gasteiger partial charge in [-0.2, -0.15) is 0 Å². The second-order valence-corrected chi connectivity index (χ2v) is 6.01. The molecule has 1 fully saturated rings. The fraction of sp³-hybridized carbons (Fsp3) is 0.250. The van der Waals surface area contributed by atoms with Gasteiger partial charge in [-0.3, -0.25) is 9.78 Å². The summed E-state index contributed by atoms with van der Waals surface area (Å²) in [6.45, 7) is 1.70. The van der Waals surface area contributed by atoms with Gasteiger partial charge >= 0.3 is 0 Å². The number of benzene rings is 1. The van der Waals surface area contributed by atoms with Gasteiger partial charge in [-0.25, -0.2) is 0 Å². The number of carbonyl (C=O) groups is 1. The zero-order valence-corrected chi connectivity index (χ0v) is 13.1. The van der Waals surface area contributed by atoms with Gasteiger partial charge in [0.15, 0.2) is 0 Å². The van der Waals surface area contributed by atoms with Crippen molar-refractivity contribution in [2.45, 2.75) is 12.8 Å². The average molecular weight is 346 g/mol. The Bertz CT molecular complexity index is 653. The molecule has 1 aromatic carbocycles. The molecule has 1 aliphatic rings. The van der Waals surface area contributed by atoms with Crippen molar-refractivity contribution in [1.29, 1.82) is 0 Å². The zero-order valence-electron chi connectivity index (χ0n) is 11.6. The Morgan fingerprint density at radius 2 is 1.95 bits per heavy atom. The van der Waals surface area contributed by atoms with Crippen LogP contribution in [0.3, 0.4) is 0 Å². The number of anilines is 2. The molecule has 1 aliphatic heterocycles. The quantitative estimate of drug-likeness (QED) is 0.919. The highest BCUT2D eigenvalue weighted by Crippen LogP contribution is 2.21. The minimum atomic E-state index is 0.0675. The van der Waals surface area contributed by atoms with Crippen molar-refractivity contribution in [2.24, 2.45) is 0 Å². The van der Waals surface area contributed by atoms with Crippen molar-refractivity contribution < 1.29 is 4.79 Å². The predicted octanol–water partition coefficient (Wildman–Crippen LogP) is 3.82. The summed E-state index contributed by atoms with van der Waals surface area (Å²) in [5.74, 6) is 0.0675. The molecule has 1 amide bonds. The van der Waals surface area contributed by atoms with E-state index in [1.165, 1.54) is 0 Å². The van der Waals surface area contributed by atoms with Crippen LogP contribution in [0.4, 0.5) is 11.4 Å². The van der Waals surface area contributed by atoms with E-state index in [-0.39, 0.29) is 5.91 Å². The Labute approximate surface area is 132 Å². The molecule has 0 saturated carbocycles. The molecular formula is C16H16BrN3O. The molecule has 2 aromatic rings. The van der Waals surface area contributed by atoms with Gasteiger partial charge in [0.05, 0.1) is 17.4 Å². The van der Waals surface area contributed by atoms with Crippen molar-refractivity contribution in [3.8, 4) is 0 Å². The highest BCUT2D eigenvalue weighted by Gasteiger charge is 2.19. The summed E-state index contributed by atoms with van der Waals surface area (Å²) < 4.78 is 1.00. The maximum atomic E-state index is 12.4. The van der Waals surface area contributed by atoms with Crippen molar-refractivity contribution in [3.63, 3.8) is 0 Å². The summed E-state index contributed by atoms with van der Waals surface area (Å²) in [4.78, 5) is 18.4. The lowest BCUT2D eigenvalue weighted by Gasteiger charge is -2.15. The maximum absolute atomic E-state index is 12.4. The first-order valence-corrected chi connectivity index (χ1v) is 7.78. The highest BCUT2D eigenvalue weighted by molar-refractivity contribution is 9.10. The maximum Gasteiger partial charge on any atom is 0.255 e. The number of hydrogen-bond acceptors (Lipinski definition) is 3. The van der Waals surface area contributed by atoms with Gasteiger partial charge in [0.1, 0.15) is 0 Å². The minimum Gasteiger partial charge on any atom is -0.354 e. The molecular weight excluding hydrogens is 330 g/mol. The molecule has 0 bridgehead atoms. The molecule has 21 heavy (non-hydrogen) atoms. The summed E-state index contributed by atoms with van der Waals surface area (Å²) in [6.07, 6.45) is 5.54. The molecule has 1 aromatic heterocycles. The molecule has 5 heteroatoms. The first-order valence-electron chi connectivity index (χ1n) is 6.99. The number of amides is 1. The minimum absolute atomic E-state index is 0.0675. The van der Waals surface area contributed by atoms with Gasteiger partial charge in [0.2, 0.25) is 0 Å². The molecule has 0 aliphatic carbocycles. The van der Waals surface area contributed by atoms with Crippen LogP contribution in [0.2, 0.25) is 0 Å². The molecule has 0 unspecified atom stereocenters. The Hall–Kier alpha value is -1.88. The number of nitrogens with zero attached hydrogens (tertiary/aromatic N) is 2. The monoisotopic (exact) mass is 345 g/mol. The fourth-order valence-corrected chi connectivity index (χ4v) is 2.86. The third-order valence-corrected chi connectivity index (χ3v) is 3.99. The zero-order chi connectivity index (χ0) is 14.7. The lowest BCUT2D eigenvalue weighted by molar-refractivity contribution is 0.0792. The van der Waals surface area contributed by atoms with Gasteiger partial charge < -0.3 is 10.2 Å². The molecule has 0 radical (unpaired) electrons. The Balaban J connectivity index is 1.78. The van der Waals surface area contributed by atoms with Crippen LogP contribution in [0.5, 0.6) is 0 Å². The van der Waals surface area contributed by atoms with Crippen molar-refractivity contribution >= 4 is 33.2 Å². The SMILES string of the molecule is O=C(c1cncc(Nc2cccc(Br)c2)c1)N1CCCC1. The molecule has 0 spiro atoms. The molecule has 0 atom stereocenters. The number of carbonyl (C=O) groups excluding carboxylic acids is 1. The van der Waals surface area contributed by atoms with Gasteiger partial charge in [0, 0.05) is 29.4 Å². The van der Waals surface area contributed by atoms with Gasteiger partial charge in [-0.1, -0.05) is 22.0 Å². The summed E-state index contributed by atoms with van der Waals surface area (Å²) in [6, 6.07) is 9.74. The van der Waals surface area contributed by atoms with Crippen LogP contribution in [0.1, 0.15) is 23.2 Å². The molecule has 1 saturated heterocycles. The van der Waals surface area contributed by atoms with E-state index in [1.807, 2.05) is 35.2 Å². The number of halogens is 1. The van der Waals surface area contributed by atoms with Crippen LogP contribution in [0.15, 0.2) is 47.2 Å². The van der Waals surface area contributed by atoms with Crippen LogP contribution in [-0.2, 0) is 0 Å². The van der Waals surface area contributed by atoms with Crippen LogP contribution in [0, 0.1) is 0 Å². The van der Waals surface area contributed by atoms with E-state index in [1.54, 1.807) is 12.4 Å². The number of pyridine rings is 1. The van der Waals surface area contributed by atoms with E-state index in [0.29, 0.717) is 5.56 Å². The fourth-order valence-electron chi connectivity index (χ4n) is 2.46. The lowest BCUT2D eigenvalue weighted by atomic mass is 10.2. The average Bonchev–Trinajstić information content (AvgIpc) is 3.01. The molecule has 108 valence electrons. The highest BCUT2D eigenvalue weighted by atomic mass is 79.9.